The van der Waals surface area contributed by atoms with Gasteiger partial charge in [0.2, 0.25) is 5.88 Å². The molecule has 0 saturated carbocycles. The maximum absolute atomic E-state index is 12.2. The van der Waals surface area contributed by atoms with Crippen LogP contribution in [0.15, 0.2) is 18.3 Å². The normalized spacial score (nSPS) is 13.7. The average Bonchev–Trinajstić information content (AvgIpc) is 2.45. The molecule has 106 valence electrons. The molecule has 19 heavy (non-hydrogen) atoms. The second kappa shape index (κ2) is 7.09. The lowest BCUT2D eigenvalue weighted by Crippen LogP contribution is -2.41. The van der Waals surface area contributed by atoms with Gasteiger partial charge < -0.3 is 14.8 Å². The van der Waals surface area contributed by atoms with Crippen LogP contribution < -0.4 is 10.1 Å². The second-order valence-corrected chi connectivity index (χ2v) is 4.58. The Morgan fingerprint density at radius 1 is 1.42 bits per heavy atom. The van der Waals surface area contributed by atoms with Crippen molar-refractivity contribution in [3.05, 3.63) is 18.3 Å². The molecule has 0 bridgehead atoms. The highest BCUT2D eigenvalue weighted by atomic mass is 16.5. The third-order valence-electron chi connectivity index (χ3n) is 3.14. The van der Waals surface area contributed by atoms with Crippen LogP contribution >= 0.6 is 0 Å². The average molecular weight is 266 g/mol. The maximum atomic E-state index is 12.2. The van der Waals surface area contributed by atoms with E-state index in [1.54, 1.807) is 39.5 Å². The first-order valence-electron chi connectivity index (χ1n) is 6.42. The molecule has 1 rings (SSSR count). The van der Waals surface area contributed by atoms with Gasteiger partial charge in [-0.05, 0) is 19.4 Å². The zero-order chi connectivity index (χ0) is 14.3. The molecule has 1 amide bonds. The number of nitrogens with zero attached hydrogens (tertiary/aromatic N) is 1. The first-order valence-corrected chi connectivity index (χ1v) is 6.42. The van der Waals surface area contributed by atoms with E-state index in [4.69, 9.17) is 9.47 Å². The number of methoxy groups -OCH3 is 2. The van der Waals surface area contributed by atoms with Gasteiger partial charge in [0.15, 0.2) is 0 Å². The number of carbonyl (C=O) groups is 1. The molecule has 0 fully saturated rings. The lowest BCUT2D eigenvalue weighted by Gasteiger charge is -2.26. The Balaban J connectivity index is 2.70. The summed E-state index contributed by atoms with van der Waals surface area (Å²) in [7, 11) is 3.11. The summed E-state index contributed by atoms with van der Waals surface area (Å²) in [5, 5.41) is 2.81. The van der Waals surface area contributed by atoms with Gasteiger partial charge in [0, 0.05) is 13.2 Å². The molecule has 1 heterocycles. The predicted molar refractivity (Wildman–Crippen MR) is 74.4 cm³/mol. The number of nitrogens with one attached hydrogen (secondary N) is 1. The van der Waals surface area contributed by atoms with Gasteiger partial charge in [-0.3, -0.25) is 4.79 Å². The fourth-order valence-corrected chi connectivity index (χ4v) is 1.66. The highest BCUT2D eigenvalue weighted by Crippen LogP contribution is 2.21. The first-order chi connectivity index (χ1) is 9.05. The third-order valence-corrected chi connectivity index (χ3v) is 3.14. The maximum Gasteiger partial charge on any atom is 0.256 e. The summed E-state index contributed by atoms with van der Waals surface area (Å²) >= 11 is 0. The van der Waals surface area contributed by atoms with Gasteiger partial charge in [-0.25, -0.2) is 4.98 Å². The Morgan fingerprint density at radius 3 is 2.63 bits per heavy atom. The number of hydrogen-bond acceptors (Lipinski definition) is 4. The summed E-state index contributed by atoms with van der Waals surface area (Å²) in [5.41, 5.74) is -0.179. The number of anilines is 1. The van der Waals surface area contributed by atoms with Crippen molar-refractivity contribution in [1.29, 1.82) is 0 Å². The molecule has 0 aliphatic rings. The number of amides is 1. The van der Waals surface area contributed by atoms with Gasteiger partial charge >= 0.3 is 0 Å². The summed E-state index contributed by atoms with van der Waals surface area (Å²) in [4.78, 5) is 16.3. The van der Waals surface area contributed by atoms with Crippen LogP contribution in [-0.2, 0) is 9.53 Å². The number of rotatable bonds is 7. The highest BCUT2D eigenvalue weighted by Gasteiger charge is 2.32. The fraction of sp³-hybridized carbons (Fsp3) is 0.571. The predicted octanol–water partition coefficient (Wildman–Crippen LogP) is 2.62. The smallest absolute Gasteiger partial charge is 0.256 e. The van der Waals surface area contributed by atoms with Gasteiger partial charge in [-0.1, -0.05) is 19.8 Å². The molecule has 0 aliphatic carbocycles. The van der Waals surface area contributed by atoms with Crippen LogP contribution in [-0.4, -0.2) is 30.7 Å². The van der Waals surface area contributed by atoms with Gasteiger partial charge in [-0.15, -0.1) is 0 Å². The van der Waals surface area contributed by atoms with Gasteiger partial charge in [-0.2, -0.15) is 0 Å². The Kier molecular flexibility index (Phi) is 5.76. The molecule has 5 heteroatoms. The number of aromatic nitrogens is 1. The van der Waals surface area contributed by atoms with Crippen LogP contribution in [0.25, 0.3) is 0 Å². The van der Waals surface area contributed by atoms with Crippen molar-refractivity contribution in [3.8, 4) is 5.88 Å². The number of unbranched alkanes of at least 4 members (excludes halogenated alkanes) is 1. The summed E-state index contributed by atoms with van der Waals surface area (Å²) in [6.45, 7) is 3.89. The minimum absolute atomic E-state index is 0.157. The van der Waals surface area contributed by atoms with E-state index in [-0.39, 0.29) is 5.91 Å². The van der Waals surface area contributed by atoms with E-state index >= 15 is 0 Å². The molecule has 0 saturated heterocycles. The molecule has 5 nitrogen and oxygen atoms in total. The topological polar surface area (TPSA) is 60.5 Å². The van der Waals surface area contributed by atoms with Crippen LogP contribution in [0.3, 0.4) is 0 Å². The zero-order valence-electron chi connectivity index (χ0n) is 12.0. The molecule has 1 aromatic heterocycles. The quantitative estimate of drug-likeness (QED) is 0.824. The summed E-state index contributed by atoms with van der Waals surface area (Å²) in [6.07, 6.45) is 4.22. The molecule has 1 N–H and O–H groups in total. The fourth-order valence-electron chi connectivity index (χ4n) is 1.66. The SMILES string of the molecule is CCCC[C@@](C)(OC)C(=O)Nc1ccc(OC)nc1. The van der Waals surface area contributed by atoms with Crippen molar-refractivity contribution in [2.75, 3.05) is 19.5 Å². The van der Waals surface area contributed by atoms with Gasteiger partial charge in [0.1, 0.15) is 5.60 Å². The number of pyridine rings is 1. The molecule has 0 aliphatic heterocycles. The van der Waals surface area contributed by atoms with E-state index in [1.165, 1.54) is 0 Å². The van der Waals surface area contributed by atoms with Crippen molar-refractivity contribution in [1.82, 2.24) is 4.98 Å². The van der Waals surface area contributed by atoms with E-state index in [0.717, 1.165) is 12.8 Å². The lowest BCUT2D eigenvalue weighted by molar-refractivity contribution is -0.136. The van der Waals surface area contributed by atoms with E-state index in [9.17, 15) is 4.79 Å². The summed E-state index contributed by atoms with van der Waals surface area (Å²) < 4.78 is 10.3. The lowest BCUT2D eigenvalue weighted by atomic mass is 9.97. The van der Waals surface area contributed by atoms with Crippen molar-refractivity contribution < 1.29 is 14.3 Å². The van der Waals surface area contributed by atoms with Gasteiger partial charge in [0.25, 0.3) is 5.91 Å². The van der Waals surface area contributed by atoms with Crippen LogP contribution in [0.2, 0.25) is 0 Å². The molecular formula is C14H22N2O3. The first kappa shape index (κ1) is 15.4. The van der Waals surface area contributed by atoms with E-state index < -0.39 is 5.60 Å². The molecule has 0 aromatic carbocycles. The third kappa shape index (κ3) is 4.21. The second-order valence-electron chi connectivity index (χ2n) is 4.58. The summed E-state index contributed by atoms with van der Waals surface area (Å²) in [5.74, 6) is 0.355. The van der Waals surface area contributed by atoms with Crippen LogP contribution in [0, 0.1) is 0 Å². The minimum Gasteiger partial charge on any atom is -0.481 e. The van der Waals surface area contributed by atoms with Crippen LogP contribution in [0.4, 0.5) is 5.69 Å². The molecular weight excluding hydrogens is 244 g/mol. The Morgan fingerprint density at radius 2 is 2.16 bits per heavy atom. The van der Waals surface area contributed by atoms with E-state index in [0.29, 0.717) is 18.0 Å². The Hall–Kier alpha value is -1.62. The van der Waals surface area contributed by atoms with E-state index in [1.807, 2.05) is 0 Å². The minimum atomic E-state index is -0.810. The molecule has 0 unspecified atom stereocenters. The van der Waals surface area contributed by atoms with Gasteiger partial charge in [0.05, 0.1) is 19.0 Å². The molecule has 0 spiro atoms. The zero-order valence-corrected chi connectivity index (χ0v) is 12.0. The number of ether oxygens (including phenoxy) is 2. The molecule has 1 atom stereocenters. The van der Waals surface area contributed by atoms with Crippen LogP contribution in [0.1, 0.15) is 33.1 Å². The monoisotopic (exact) mass is 266 g/mol. The standard InChI is InChI=1S/C14H22N2O3/c1-5-6-9-14(2,19-4)13(17)16-11-7-8-12(18-3)15-10-11/h7-8,10H,5-6,9H2,1-4H3,(H,16,17)/t14-/m1/s1. The van der Waals surface area contributed by atoms with Crippen molar-refractivity contribution >= 4 is 11.6 Å². The van der Waals surface area contributed by atoms with Crippen LogP contribution in [0.5, 0.6) is 5.88 Å². The Labute approximate surface area is 114 Å². The highest BCUT2D eigenvalue weighted by molar-refractivity contribution is 5.96. The molecule has 1 aromatic rings. The summed E-state index contributed by atoms with van der Waals surface area (Å²) in [6, 6.07) is 3.45. The molecule has 0 radical (unpaired) electrons. The van der Waals surface area contributed by atoms with Crippen molar-refractivity contribution in [2.24, 2.45) is 0 Å². The van der Waals surface area contributed by atoms with Crippen molar-refractivity contribution in [3.63, 3.8) is 0 Å². The Bertz CT molecular complexity index is 406. The number of carbonyl (C=O) groups excluding carboxylic acids is 1. The van der Waals surface area contributed by atoms with Crippen molar-refractivity contribution in [2.45, 2.75) is 38.7 Å². The van der Waals surface area contributed by atoms with E-state index in [2.05, 4.69) is 17.2 Å². The number of hydrogen-bond donors (Lipinski definition) is 1. The largest absolute Gasteiger partial charge is 0.481 e.